The highest BCUT2D eigenvalue weighted by molar-refractivity contribution is 5.79. The highest BCUT2D eigenvalue weighted by Gasteiger charge is 2.53. The van der Waals surface area contributed by atoms with Gasteiger partial charge in [-0.3, -0.25) is 0 Å². The molecule has 2 bridgehead atoms. The van der Waals surface area contributed by atoms with Gasteiger partial charge in [-0.25, -0.2) is 0 Å². The van der Waals surface area contributed by atoms with Gasteiger partial charge >= 0.3 is 0 Å². The highest BCUT2D eigenvalue weighted by Crippen LogP contribution is 2.58. The van der Waals surface area contributed by atoms with Crippen LogP contribution in [0.3, 0.4) is 0 Å². The molecule has 1 saturated heterocycles. The summed E-state index contributed by atoms with van der Waals surface area (Å²) in [6, 6.07) is 8.82. The van der Waals surface area contributed by atoms with Crippen LogP contribution in [0, 0.1) is 0 Å². The van der Waals surface area contributed by atoms with Crippen molar-refractivity contribution in [3.05, 3.63) is 63.9 Å². The first-order valence-electron chi connectivity index (χ1n) is 6.41. The number of hydrogen-bond acceptors (Lipinski definition) is 1. The van der Waals surface area contributed by atoms with Gasteiger partial charge in [0.1, 0.15) is 0 Å². The van der Waals surface area contributed by atoms with E-state index in [0.717, 1.165) is 6.42 Å². The number of nitrogens with one attached hydrogen (secondary N) is 1. The van der Waals surface area contributed by atoms with Gasteiger partial charge in [0.05, 0.1) is 5.54 Å². The van der Waals surface area contributed by atoms with E-state index < -0.39 is 0 Å². The van der Waals surface area contributed by atoms with E-state index in [1.54, 1.807) is 16.7 Å². The zero-order valence-corrected chi connectivity index (χ0v) is 9.59. The van der Waals surface area contributed by atoms with Crippen molar-refractivity contribution >= 4 is 6.08 Å². The Bertz CT molecular complexity index is 660. The second kappa shape index (κ2) is 2.40. The summed E-state index contributed by atoms with van der Waals surface area (Å²) in [5, 5.41) is 3.69. The molecule has 1 N–H and O–H groups in total. The summed E-state index contributed by atoms with van der Waals surface area (Å²) >= 11 is 0. The quantitative estimate of drug-likeness (QED) is 0.706. The smallest absolute Gasteiger partial charge is 0.0943 e. The van der Waals surface area contributed by atoms with E-state index in [9.17, 15) is 0 Å². The molecule has 1 heterocycles. The SMILES string of the molecule is C1=C2CCC2=C2C3=Cc4ccccc4C2(C1)N3. The van der Waals surface area contributed by atoms with Crippen LogP contribution >= 0.6 is 0 Å². The molecular formula is C16H13N. The third-order valence-corrected chi connectivity index (χ3v) is 4.75. The Hall–Kier alpha value is -1.76. The molecule has 1 unspecified atom stereocenters. The number of allylic oxidation sites excluding steroid dienone is 2. The largest absolute Gasteiger partial charge is 0.371 e. The predicted molar refractivity (Wildman–Crippen MR) is 68.2 cm³/mol. The minimum atomic E-state index is 0.139. The van der Waals surface area contributed by atoms with E-state index in [1.807, 2.05) is 0 Å². The first-order valence-corrected chi connectivity index (χ1v) is 6.41. The normalized spacial score (nSPS) is 30.8. The monoisotopic (exact) mass is 219 g/mol. The van der Waals surface area contributed by atoms with Crippen molar-refractivity contribution in [1.29, 1.82) is 0 Å². The van der Waals surface area contributed by atoms with E-state index >= 15 is 0 Å². The van der Waals surface area contributed by atoms with Crippen LogP contribution in [0.4, 0.5) is 0 Å². The summed E-state index contributed by atoms with van der Waals surface area (Å²) in [6.07, 6.45) is 8.48. The van der Waals surface area contributed by atoms with Crippen LogP contribution in [0.5, 0.6) is 0 Å². The topological polar surface area (TPSA) is 12.0 Å². The standard InChI is InChI=1S/C16H13N/c1-2-4-13-11(3-1)9-14-15-12-6-5-10(12)7-8-16(13,15)17-14/h1-4,7,9,17H,5-6,8H2. The Morgan fingerprint density at radius 1 is 1.12 bits per heavy atom. The molecule has 0 aromatic heterocycles. The van der Waals surface area contributed by atoms with E-state index in [-0.39, 0.29) is 5.54 Å². The molecule has 1 atom stereocenters. The molecule has 1 aromatic carbocycles. The van der Waals surface area contributed by atoms with Crippen molar-refractivity contribution < 1.29 is 0 Å². The minimum absolute atomic E-state index is 0.139. The molecule has 1 aromatic rings. The molecule has 5 rings (SSSR count). The number of benzene rings is 1. The molecule has 1 heteroatoms. The van der Waals surface area contributed by atoms with E-state index in [2.05, 4.69) is 41.7 Å². The Morgan fingerprint density at radius 2 is 2.06 bits per heavy atom. The second-order valence-electron chi connectivity index (χ2n) is 5.46. The maximum Gasteiger partial charge on any atom is 0.0943 e. The fraction of sp³-hybridized carbons (Fsp3) is 0.250. The lowest BCUT2D eigenvalue weighted by molar-refractivity contribution is 0.347. The zero-order valence-electron chi connectivity index (χ0n) is 9.59. The zero-order chi connectivity index (χ0) is 11.0. The fourth-order valence-electron chi connectivity index (χ4n) is 3.86. The van der Waals surface area contributed by atoms with Gasteiger partial charge in [0.15, 0.2) is 0 Å². The summed E-state index contributed by atoms with van der Waals surface area (Å²) in [7, 11) is 0. The summed E-state index contributed by atoms with van der Waals surface area (Å²) in [4.78, 5) is 0. The van der Waals surface area contributed by atoms with Crippen LogP contribution in [0.1, 0.15) is 30.4 Å². The molecule has 0 radical (unpaired) electrons. The number of fused-ring (bicyclic) bond motifs is 2. The van der Waals surface area contributed by atoms with Gasteiger partial charge in [-0.2, -0.15) is 0 Å². The first-order chi connectivity index (χ1) is 8.38. The van der Waals surface area contributed by atoms with Crippen LogP contribution in [-0.4, -0.2) is 0 Å². The third-order valence-electron chi connectivity index (χ3n) is 4.75. The maximum atomic E-state index is 3.69. The van der Waals surface area contributed by atoms with Crippen LogP contribution in [-0.2, 0) is 5.54 Å². The molecule has 1 saturated carbocycles. The molecule has 1 nitrogen and oxygen atoms in total. The lowest BCUT2D eigenvalue weighted by atomic mass is 9.59. The Balaban J connectivity index is 1.85. The molecule has 0 spiro atoms. The lowest BCUT2D eigenvalue weighted by Crippen LogP contribution is -2.58. The average Bonchev–Trinajstić information content (AvgIpc) is 2.33. The highest BCUT2D eigenvalue weighted by atomic mass is 15.1. The van der Waals surface area contributed by atoms with Gasteiger partial charge < -0.3 is 5.32 Å². The van der Waals surface area contributed by atoms with Gasteiger partial charge in [-0.05, 0) is 47.6 Å². The molecule has 2 fully saturated rings. The average molecular weight is 219 g/mol. The van der Waals surface area contributed by atoms with Crippen LogP contribution < -0.4 is 5.32 Å². The maximum absolute atomic E-state index is 3.69. The van der Waals surface area contributed by atoms with Crippen molar-refractivity contribution in [2.24, 2.45) is 0 Å². The first kappa shape index (κ1) is 8.35. The lowest BCUT2D eigenvalue weighted by Gasteiger charge is -2.56. The minimum Gasteiger partial charge on any atom is -0.371 e. The number of rotatable bonds is 0. The van der Waals surface area contributed by atoms with Crippen molar-refractivity contribution in [1.82, 2.24) is 5.32 Å². The van der Waals surface area contributed by atoms with Crippen molar-refractivity contribution in [3.8, 4) is 0 Å². The van der Waals surface area contributed by atoms with Crippen molar-refractivity contribution in [2.45, 2.75) is 24.8 Å². The molecule has 3 aliphatic carbocycles. The Morgan fingerprint density at radius 3 is 2.94 bits per heavy atom. The third kappa shape index (κ3) is 0.753. The van der Waals surface area contributed by atoms with E-state index in [1.165, 1.54) is 29.7 Å². The van der Waals surface area contributed by atoms with Crippen molar-refractivity contribution in [3.63, 3.8) is 0 Å². The summed E-state index contributed by atoms with van der Waals surface area (Å²) < 4.78 is 0. The summed E-state index contributed by atoms with van der Waals surface area (Å²) in [5.41, 5.74) is 9.25. The molecule has 82 valence electrons. The number of hydrogen-bond donors (Lipinski definition) is 1. The molecule has 4 aliphatic rings. The van der Waals surface area contributed by atoms with Gasteiger partial charge in [0.2, 0.25) is 0 Å². The molecule has 17 heavy (non-hydrogen) atoms. The van der Waals surface area contributed by atoms with Crippen molar-refractivity contribution in [2.75, 3.05) is 0 Å². The fourth-order valence-corrected chi connectivity index (χ4v) is 3.86. The van der Waals surface area contributed by atoms with Crippen LogP contribution in [0.25, 0.3) is 6.08 Å². The molecular weight excluding hydrogens is 206 g/mol. The van der Waals surface area contributed by atoms with E-state index in [0.29, 0.717) is 0 Å². The second-order valence-corrected chi connectivity index (χ2v) is 5.46. The van der Waals surface area contributed by atoms with Gasteiger partial charge in [-0.15, -0.1) is 0 Å². The predicted octanol–water partition coefficient (Wildman–Crippen LogP) is 3.26. The summed E-state index contributed by atoms with van der Waals surface area (Å²) in [5.74, 6) is 0. The Labute approximate surface area is 101 Å². The Kier molecular flexibility index (Phi) is 1.18. The van der Waals surface area contributed by atoms with Gasteiger partial charge in [0, 0.05) is 11.3 Å². The summed E-state index contributed by atoms with van der Waals surface area (Å²) in [6.45, 7) is 0. The van der Waals surface area contributed by atoms with Crippen LogP contribution in [0.15, 0.2) is 52.8 Å². The molecule has 1 aliphatic heterocycles. The van der Waals surface area contributed by atoms with Crippen LogP contribution in [0.2, 0.25) is 0 Å². The van der Waals surface area contributed by atoms with E-state index in [4.69, 9.17) is 0 Å². The molecule has 0 amide bonds. The van der Waals surface area contributed by atoms with Gasteiger partial charge in [-0.1, -0.05) is 30.3 Å². The van der Waals surface area contributed by atoms with Gasteiger partial charge in [0.25, 0.3) is 0 Å².